The Kier molecular flexibility index (Phi) is 5.60. The Morgan fingerprint density at radius 3 is 2.46 bits per heavy atom. The van der Waals surface area contributed by atoms with Crippen LogP contribution in [0.15, 0.2) is 36.5 Å². The van der Waals surface area contributed by atoms with E-state index in [0.717, 1.165) is 0 Å². The Balaban J connectivity index is 4.47. The topological polar surface area (TPSA) is 26.3 Å². The second kappa shape index (κ2) is 6.23. The molecule has 0 amide bonds. The predicted molar refractivity (Wildman–Crippen MR) is 54.3 cm³/mol. The van der Waals surface area contributed by atoms with Crippen molar-refractivity contribution in [3.8, 4) is 0 Å². The van der Waals surface area contributed by atoms with Gasteiger partial charge in [0.2, 0.25) is 0 Å². The Hall–Kier alpha value is -1.31. The van der Waals surface area contributed by atoms with Crippen molar-refractivity contribution in [2.45, 2.75) is 26.9 Å². The molecule has 0 aromatic heterocycles. The highest BCUT2D eigenvalue weighted by Gasteiger charge is 2.08. The molecule has 0 rings (SSSR count). The van der Waals surface area contributed by atoms with Gasteiger partial charge in [0, 0.05) is 0 Å². The fourth-order valence-electron chi connectivity index (χ4n) is 0.780. The molecule has 0 aromatic carbocycles. The fraction of sp³-hybridized carbons (Fsp3) is 0.364. The molecular formula is C11H16O2. The maximum Gasteiger partial charge on any atom is 0.338 e. The first-order valence-corrected chi connectivity index (χ1v) is 4.28. The molecule has 0 aliphatic carbocycles. The molecule has 0 aromatic rings. The molecule has 0 unspecified atom stereocenters. The molecule has 0 aliphatic rings. The minimum atomic E-state index is -0.312. The van der Waals surface area contributed by atoms with Crippen LogP contribution in [0.25, 0.3) is 0 Å². The van der Waals surface area contributed by atoms with Crippen molar-refractivity contribution in [1.82, 2.24) is 0 Å². The van der Waals surface area contributed by atoms with Crippen LogP contribution in [0.4, 0.5) is 0 Å². The summed E-state index contributed by atoms with van der Waals surface area (Å²) in [6.45, 7) is 9.01. The van der Waals surface area contributed by atoms with E-state index in [9.17, 15) is 4.79 Å². The SMILES string of the molecule is C=C/C=C(\C=C/C)C(=O)OC(C)C. The second-order valence-corrected chi connectivity index (χ2v) is 2.81. The third-order valence-electron chi connectivity index (χ3n) is 1.22. The van der Waals surface area contributed by atoms with Gasteiger partial charge in [-0.05, 0) is 26.8 Å². The van der Waals surface area contributed by atoms with Crippen LogP contribution in [-0.2, 0) is 9.53 Å². The summed E-state index contributed by atoms with van der Waals surface area (Å²) in [4.78, 5) is 11.3. The van der Waals surface area contributed by atoms with Gasteiger partial charge in [0.1, 0.15) is 0 Å². The lowest BCUT2D eigenvalue weighted by Gasteiger charge is -2.07. The summed E-state index contributed by atoms with van der Waals surface area (Å²) in [5.41, 5.74) is 0.520. The normalized spacial score (nSPS) is 12.2. The minimum absolute atomic E-state index is 0.0917. The quantitative estimate of drug-likeness (QED) is 0.377. The molecule has 0 radical (unpaired) electrons. The van der Waals surface area contributed by atoms with E-state index < -0.39 is 0 Å². The molecule has 72 valence electrons. The number of allylic oxidation sites excluding steroid dienone is 3. The standard InChI is InChI=1S/C11H16O2/c1-5-7-10(8-6-2)11(12)13-9(3)4/h5-9H,1H2,2-4H3/b8-6-,10-7+. The zero-order valence-electron chi connectivity index (χ0n) is 8.41. The van der Waals surface area contributed by atoms with E-state index in [1.807, 2.05) is 20.8 Å². The lowest BCUT2D eigenvalue weighted by atomic mass is 10.2. The number of esters is 1. The Morgan fingerprint density at radius 2 is 2.08 bits per heavy atom. The van der Waals surface area contributed by atoms with Gasteiger partial charge in [-0.2, -0.15) is 0 Å². The van der Waals surface area contributed by atoms with Gasteiger partial charge in [0.25, 0.3) is 0 Å². The minimum Gasteiger partial charge on any atom is -0.459 e. The highest BCUT2D eigenvalue weighted by molar-refractivity contribution is 5.91. The number of carbonyl (C=O) groups excluding carboxylic acids is 1. The van der Waals surface area contributed by atoms with Gasteiger partial charge in [0.15, 0.2) is 0 Å². The molecule has 0 spiro atoms. The van der Waals surface area contributed by atoms with Crippen LogP contribution in [0.1, 0.15) is 20.8 Å². The average molecular weight is 180 g/mol. The van der Waals surface area contributed by atoms with E-state index in [2.05, 4.69) is 6.58 Å². The van der Waals surface area contributed by atoms with Crippen LogP contribution in [0, 0.1) is 0 Å². The third kappa shape index (κ3) is 5.01. The van der Waals surface area contributed by atoms with Crippen LogP contribution in [0.3, 0.4) is 0 Å². The maximum absolute atomic E-state index is 11.3. The van der Waals surface area contributed by atoms with Gasteiger partial charge in [-0.3, -0.25) is 0 Å². The molecule has 13 heavy (non-hydrogen) atoms. The molecule has 2 nitrogen and oxygen atoms in total. The highest BCUT2D eigenvalue weighted by atomic mass is 16.5. The van der Waals surface area contributed by atoms with Gasteiger partial charge in [-0.1, -0.05) is 24.8 Å². The monoisotopic (exact) mass is 180 g/mol. The van der Waals surface area contributed by atoms with Gasteiger partial charge >= 0.3 is 5.97 Å². The molecule has 0 atom stereocenters. The number of hydrogen-bond acceptors (Lipinski definition) is 2. The fourth-order valence-corrected chi connectivity index (χ4v) is 0.780. The first kappa shape index (κ1) is 11.7. The zero-order chi connectivity index (χ0) is 10.3. The molecular weight excluding hydrogens is 164 g/mol. The van der Waals surface area contributed by atoms with Crippen LogP contribution in [0.2, 0.25) is 0 Å². The number of rotatable bonds is 4. The summed E-state index contributed by atoms with van der Waals surface area (Å²) < 4.78 is 5.01. The maximum atomic E-state index is 11.3. The summed E-state index contributed by atoms with van der Waals surface area (Å²) in [6.07, 6.45) is 6.59. The molecule has 0 bridgehead atoms. The highest BCUT2D eigenvalue weighted by Crippen LogP contribution is 2.03. The van der Waals surface area contributed by atoms with Gasteiger partial charge in [-0.15, -0.1) is 0 Å². The Labute approximate surface area is 79.6 Å². The van der Waals surface area contributed by atoms with Crippen molar-refractivity contribution in [1.29, 1.82) is 0 Å². The first-order valence-electron chi connectivity index (χ1n) is 4.28. The van der Waals surface area contributed by atoms with E-state index in [1.165, 1.54) is 0 Å². The second-order valence-electron chi connectivity index (χ2n) is 2.81. The molecule has 0 N–H and O–H groups in total. The van der Waals surface area contributed by atoms with E-state index >= 15 is 0 Å². The molecule has 0 aliphatic heterocycles. The van der Waals surface area contributed by atoms with Gasteiger partial charge in [-0.25, -0.2) is 4.79 Å². The smallest absolute Gasteiger partial charge is 0.338 e. The summed E-state index contributed by atoms with van der Waals surface area (Å²) in [5, 5.41) is 0. The lowest BCUT2D eigenvalue weighted by molar-refractivity contribution is -0.142. The van der Waals surface area contributed by atoms with E-state index in [1.54, 1.807) is 24.3 Å². The summed E-state index contributed by atoms with van der Waals surface area (Å²) >= 11 is 0. The molecule has 0 heterocycles. The van der Waals surface area contributed by atoms with Crippen LogP contribution >= 0.6 is 0 Å². The Morgan fingerprint density at radius 1 is 1.46 bits per heavy atom. The van der Waals surface area contributed by atoms with Crippen molar-refractivity contribution < 1.29 is 9.53 Å². The van der Waals surface area contributed by atoms with Crippen molar-refractivity contribution in [2.24, 2.45) is 0 Å². The molecule has 0 fully saturated rings. The largest absolute Gasteiger partial charge is 0.459 e. The van der Waals surface area contributed by atoms with Crippen LogP contribution in [-0.4, -0.2) is 12.1 Å². The first-order chi connectivity index (χ1) is 6.11. The van der Waals surface area contributed by atoms with Crippen molar-refractivity contribution in [3.63, 3.8) is 0 Å². The number of ether oxygens (including phenoxy) is 1. The molecule has 0 saturated heterocycles. The Bertz CT molecular complexity index is 234. The summed E-state index contributed by atoms with van der Waals surface area (Å²) in [7, 11) is 0. The molecule has 0 saturated carbocycles. The van der Waals surface area contributed by atoms with Crippen molar-refractivity contribution >= 4 is 5.97 Å². The average Bonchev–Trinajstić information content (AvgIpc) is 2.02. The van der Waals surface area contributed by atoms with Gasteiger partial charge in [0.05, 0.1) is 11.7 Å². The van der Waals surface area contributed by atoms with E-state index in [-0.39, 0.29) is 12.1 Å². The number of carbonyl (C=O) groups is 1. The van der Waals surface area contributed by atoms with E-state index in [4.69, 9.17) is 4.74 Å². The van der Waals surface area contributed by atoms with Crippen molar-refractivity contribution in [2.75, 3.05) is 0 Å². The van der Waals surface area contributed by atoms with Crippen LogP contribution < -0.4 is 0 Å². The van der Waals surface area contributed by atoms with Crippen molar-refractivity contribution in [3.05, 3.63) is 36.5 Å². The third-order valence-corrected chi connectivity index (χ3v) is 1.22. The lowest BCUT2D eigenvalue weighted by Crippen LogP contribution is -2.12. The van der Waals surface area contributed by atoms with Crippen LogP contribution in [0.5, 0.6) is 0 Å². The van der Waals surface area contributed by atoms with Gasteiger partial charge < -0.3 is 4.74 Å². The summed E-state index contributed by atoms with van der Waals surface area (Å²) in [5.74, 6) is -0.312. The summed E-state index contributed by atoms with van der Waals surface area (Å²) in [6, 6.07) is 0. The molecule has 2 heteroatoms. The zero-order valence-corrected chi connectivity index (χ0v) is 8.41. The number of hydrogen-bond donors (Lipinski definition) is 0. The van der Waals surface area contributed by atoms with E-state index in [0.29, 0.717) is 5.57 Å². The predicted octanol–water partition coefficient (Wildman–Crippen LogP) is 2.63.